The van der Waals surface area contributed by atoms with Crippen LogP contribution in [-0.2, 0) is 4.79 Å². The summed E-state index contributed by atoms with van der Waals surface area (Å²) in [7, 11) is 0. The highest BCUT2D eigenvalue weighted by Gasteiger charge is 2.31. The lowest BCUT2D eigenvalue weighted by Gasteiger charge is -2.26. The molecule has 3 aromatic carbocycles. The third-order valence-electron chi connectivity index (χ3n) is 5.05. The zero-order valence-electron chi connectivity index (χ0n) is 18.0. The summed E-state index contributed by atoms with van der Waals surface area (Å²) in [5.74, 6) is 1.06. The summed E-state index contributed by atoms with van der Waals surface area (Å²) in [4.78, 5) is 12.2. The van der Waals surface area contributed by atoms with Gasteiger partial charge in [-0.3, -0.25) is 0 Å². The Balaban J connectivity index is 1.55. The van der Waals surface area contributed by atoms with E-state index in [0.29, 0.717) is 23.7 Å². The molecule has 0 amide bonds. The Bertz CT molecular complexity index is 1210. The Hall–Kier alpha value is -4.44. The van der Waals surface area contributed by atoms with Gasteiger partial charge in [0.25, 0.3) is 0 Å². The summed E-state index contributed by atoms with van der Waals surface area (Å²) in [6.45, 7) is 2.24. The van der Waals surface area contributed by atoms with Gasteiger partial charge in [-0.2, -0.15) is 5.26 Å². The minimum atomic E-state index is -0.557. The van der Waals surface area contributed by atoms with Crippen molar-refractivity contribution in [3.05, 3.63) is 95.4 Å². The van der Waals surface area contributed by atoms with Gasteiger partial charge < -0.3 is 24.7 Å². The molecule has 4 rings (SSSR count). The Kier molecular flexibility index (Phi) is 6.46. The summed E-state index contributed by atoms with van der Waals surface area (Å²) >= 11 is 0. The van der Waals surface area contributed by atoms with Crippen LogP contribution in [0, 0.1) is 11.3 Å². The van der Waals surface area contributed by atoms with Crippen molar-refractivity contribution < 1.29 is 23.7 Å². The molecule has 0 radical (unpaired) electrons. The third-order valence-corrected chi connectivity index (χ3v) is 5.05. The van der Waals surface area contributed by atoms with Crippen LogP contribution in [0.5, 0.6) is 23.0 Å². The van der Waals surface area contributed by atoms with E-state index in [1.807, 2.05) is 49.4 Å². The first kappa shape index (κ1) is 21.8. The van der Waals surface area contributed by atoms with Crippen LogP contribution in [0.2, 0.25) is 0 Å². The van der Waals surface area contributed by atoms with Crippen molar-refractivity contribution in [2.24, 2.45) is 5.73 Å². The number of carbonyl (C=O) groups excluding carboxylic acids is 1. The number of hydrogen-bond donors (Lipinski definition) is 1. The number of hydrogen-bond acceptors (Lipinski definition) is 7. The number of allylic oxidation sites excluding steroid dienone is 1. The molecule has 166 valence electrons. The third kappa shape index (κ3) is 4.91. The lowest BCUT2D eigenvalue weighted by atomic mass is 9.83. The molecule has 1 heterocycles. The van der Waals surface area contributed by atoms with E-state index in [-0.39, 0.29) is 18.2 Å². The summed E-state index contributed by atoms with van der Waals surface area (Å²) in [5, 5.41) is 9.71. The van der Waals surface area contributed by atoms with Gasteiger partial charge in [0.15, 0.2) is 6.61 Å². The quantitative estimate of drug-likeness (QED) is 0.430. The van der Waals surface area contributed by atoms with Crippen molar-refractivity contribution in [3.8, 4) is 29.1 Å². The molecular formula is C26H22N2O5. The summed E-state index contributed by atoms with van der Waals surface area (Å²) < 4.78 is 22.0. The lowest BCUT2D eigenvalue weighted by Crippen LogP contribution is -2.21. The van der Waals surface area contributed by atoms with Crippen molar-refractivity contribution >= 4 is 5.97 Å². The number of esters is 1. The number of rotatable bonds is 7. The predicted octanol–water partition coefficient (Wildman–Crippen LogP) is 4.29. The Morgan fingerprint density at radius 2 is 1.70 bits per heavy atom. The summed E-state index contributed by atoms with van der Waals surface area (Å²) in [6, 6.07) is 23.6. The van der Waals surface area contributed by atoms with Crippen LogP contribution in [0.1, 0.15) is 24.0 Å². The number of ether oxygens (including phenoxy) is 4. The van der Waals surface area contributed by atoms with Crippen LogP contribution in [0.25, 0.3) is 0 Å². The lowest BCUT2D eigenvalue weighted by molar-refractivity contribution is -0.136. The highest BCUT2D eigenvalue weighted by molar-refractivity contribution is 5.74. The average Bonchev–Trinajstić information content (AvgIpc) is 2.83. The standard InChI is InChI=1S/C26H22N2O5/c1-2-30-19-10-8-17(9-11-19)25-21-13-12-20(14-23(21)33-26(28)22(25)15-27)32-24(29)16-31-18-6-4-3-5-7-18/h3-14,25H,2,16,28H2,1H3. The van der Waals surface area contributed by atoms with Crippen LogP contribution < -0.4 is 24.7 Å². The number of para-hydroxylation sites is 1. The average molecular weight is 442 g/mol. The van der Waals surface area contributed by atoms with E-state index in [9.17, 15) is 10.1 Å². The molecule has 1 unspecified atom stereocenters. The zero-order chi connectivity index (χ0) is 23.2. The Labute approximate surface area is 191 Å². The van der Waals surface area contributed by atoms with E-state index >= 15 is 0 Å². The molecular weight excluding hydrogens is 420 g/mol. The molecule has 7 heteroatoms. The first-order valence-corrected chi connectivity index (χ1v) is 10.4. The monoisotopic (exact) mass is 442 g/mol. The maximum atomic E-state index is 12.2. The van der Waals surface area contributed by atoms with Gasteiger partial charge >= 0.3 is 5.97 Å². The molecule has 1 aliphatic heterocycles. The molecule has 0 aliphatic carbocycles. The fraction of sp³-hybridized carbons (Fsp3) is 0.154. The Morgan fingerprint density at radius 1 is 1.00 bits per heavy atom. The van der Waals surface area contributed by atoms with Crippen LogP contribution in [-0.4, -0.2) is 19.2 Å². The molecule has 3 aromatic rings. The van der Waals surface area contributed by atoms with E-state index in [1.165, 1.54) is 0 Å². The zero-order valence-corrected chi connectivity index (χ0v) is 18.0. The van der Waals surface area contributed by atoms with Crippen LogP contribution in [0.15, 0.2) is 84.3 Å². The van der Waals surface area contributed by atoms with Gasteiger partial charge in [0.1, 0.15) is 34.6 Å². The Morgan fingerprint density at radius 3 is 2.39 bits per heavy atom. The van der Waals surface area contributed by atoms with Gasteiger partial charge in [-0.25, -0.2) is 4.79 Å². The van der Waals surface area contributed by atoms with E-state index in [4.69, 9.17) is 24.7 Å². The normalized spacial score (nSPS) is 14.5. The smallest absolute Gasteiger partial charge is 0.349 e. The number of fused-ring (bicyclic) bond motifs is 1. The molecule has 0 aromatic heterocycles. The van der Waals surface area contributed by atoms with Crippen molar-refractivity contribution in [2.45, 2.75) is 12.8 Å². The van der Waals surface area contributed by atoms with Crippen molar-refractivity contribution in [2.75, 3.05) is 13.2 Å². The highest BCUT2D eigenvalue weighted by Crippen LogP contribution is 2.43. The second-order valence-corrected chi connectivity index (χ2v) is 7.20. The SMILES string of the molecule is CCOc1ccc(C2C(C#N)=C(N)Oc3cc(OC(=O)COc4ccccc4)ccc32)cc1. The molecule has 0 spiro atoms. The van der Waals surface area contributed by atoms with Gasteiger partial charge in [-0.1, -0.05) is 36.4 Å². The van der Waals surface area contributed by atoms with Gasteiger partial charge in [0.2, 0.25) is 5.88 Å². The van der Waals surface area contributed by atoms with Gasteiger partial charge in [0, 0.05) is 11.6 Å². The molecule has 0 saturated carbocycles. The maximum Gasteiger partial charge on any atom is 0.349 e. The van der Waals surface area contributed by atoms with E-state index in [0.717, 1.165) is 16.9 Å². The molecule has 0 fully saturated rings. The van der Waals surface area contributed by atoms with Gasteiger partial charge in [-0.05, 0) is 42.8 Å². The van der Waals surface area contributed by atoms with E-state index in [1.54, 1.807) is 30.3 Å². The maximum absolute atomic E-state index is 12.2. The molecule has 1 aliphatic rings. The first-order chi connectivity index (χ1) is 16.1. The topological polar surface area (TPSA) is 104 Å². The highest BCUT2D eigenvalue weighted by atomic mass is 16.6. The minimum Gasteiger partial charge on any atom is -0.494 e. The molecule has 2 N–H and O–H groups in total. The second kappa shape index (κ2) is 9.79. The van der Waals surface area contributed by atoms with Crippen LogP contribution in [0.3, 0.4) is 0 Å². The van der Waals surface area contributed by atoms with Crippen molar-refractivity contribution in [1.82, 2.24) is 0 Å². The largest absolute Gasteiger partial charge is 0.494 e. The van der Waals surface area contributed by atoms with Crippen LogP contribution in [0.4, 0.5) is 0 Å². The summed E-state index contributed by atoms with van der Waals surface area (Å²) in [6.07, 6.45) is 0. The predicted molar refractivity (Wildman–Crippen MR) is 121 cm³/mol. The van der Waals surface area contributed by atoms with Crippen molar-refractivity contribution in [3.63, 3.8) is 0 Å². The first-order valence-electron chi connectivity index (χ1n) is 10.4. The van der Waals surface area contributed by atoms with Crippen LogP contribution >= 0.6 is 0 Å². The number of benzene rings is 3. The fourth-order valence-electron chi connectivity index (χ4n) is 3.59. The molecule has 0 saturated heterocycles. The van der Waals surface area contributed by atoms with Crippen molar-refractivity contribution in [1.29, 1.82) is 5.26 Å². The van der Waals surface area contributed by atoms with Gasteiger partial charge in [-0.15, -0.1) is 0 Å². The fourth-order valence-corrected chi connectivity index (χ4v) is 3.59. The molecule has 0 bridgehead atoms. The van der Waals surface area contributed by atoms with E-state index < -0.39 is 11.9 Å². The number of nitriles is 1. The molecule has 1 atom stereocenters. The number of carbonyl (C=O) groups is 1. The summed E-state index contributed by atoms with van der Waals surface area (Å²) in [5.41, 5.74) is 7.97. The molecule has 7 nitrogen and oxygen atoms in total. The minimum absolute atomic E-state index is 0.0137. The van der Waals surface area contributed by atoms with Gasteiger partial charge in [0.05, 0.1) is 12.5 Å². The number of nitrogens with two attached hydrogens (primary N) is 1. The van der Waals surface area contributed by atoms with E-state index in [2.05, 4.69) is 6.07 Å². The number of nitrogens with zero attached hydrogens (tertiary/aromatic N) is 1. The second-order valence-electron chi connectivity index (χ2n) is 7.20. The molecule has 33 heavy (non-hydrogen) atoms.